The smallest absolute Gasteiger partial charge is 0.308 e. The first kappa shape index (κ1) is 12.5. The van der Waals surface area contributed by atoms with Crippen LogP contribution in [0.5, 0.6) is 0 Å². The van der Waals surface area contributed by atoms with Crippen LogP contribution in [0.2, 0.25) is 0 Å². The van der Waals surface area contributed by atoms with E-state index in [1.807, 2.05) is 14.0 Å². The van der Waals surface area contributed by atoms with Crippen molar-refractivity contribution in [2.24, 2.45) is 11.8 Å². The second-order valence-corrected chi connectivity index (χ2v) is 4.48. The quantitative estimate of drug-likeness (QED) is 0.705. The van der Waals surface area contributed by atoms with Crippen LogP contribution in [0.1, 0.15) is 19.8 Å². The lowest BCUT2D eigenvalue weighted by Crippen LogP contribution is -2.44. The Kier molecular flexibility index (Phi) is 4.54. The van der Waals surface area contributed by atoms with Crippen LogP contribution in [0, 0.1) is 11.8 Å². The molecule has 0 spiro atoms. The fourth-order valence-electron chi connectivity index (χ4n) is 2.61. The lowest BCUT2D eigenvalue weighted by atomic mass is 9.86. The summed E-state index contributed by atoms with van der Waals surface area (Å²) in [7, 11) is 3.96. The average molecular weight is 214 g/mol. The number of rotatable bonds is 5. The van der Waals surface area contributed by atoms with Gasteiger partial charge in [-0.1, -0.05) is 6.92 Å². The number of carboxylic acid groups (broad SMARTS) is 1. The van der Waals surface area contributed by atoms with Crippen LogP contribution >= 0.6 is 0 Å². The molecule has 1 fully saturated rings. The maximum Gasteiger partial charge on any atom is 0.308 e. The predicted octanol–water partition coefficient (Wildman–Crippen LogP) is 0.637. The third-order valence-corrected chi connectivity index (χ3v) is 3.46. The Morgan fingerprint density at radius 2 is 2.33 bits per heavy atom. The molecule has 0 aromatic heterocycles. The maximum absolute atomic E-state index is 11.1. The first-order valence-corrected chi connectivity index (χ1v) is 5.68. The Bertz CT molecular complexity index is 221. The normalized spacial score (nSPS) is 26.5. The monoisotopic (exact) mass is 214 g/mol. The van der Waals surface area contributed by atoms with Crippen LogP contribution in [0.15, 0.2) is 0 Å². The summed E-state index contributed by atoms with van der Waals surface area (Å²) < 4.78 is 0. The second-order valence-electron chi connectivity index (χ2n) is 4.48. The molecule has 4 heteroatoms. The zero-order valence-electron chi connectivity index (χ0n) is 9.86. The highest BCUT2D eigenvalue weighted by Crippen LogP contribution is 2.24. The van der Waals surface area contributed by atoms with Crippen molar-refractivity contribution >= 4 is 5.97 Å². The minimum absolute atomic E-state index is 0.109. The third kappa shape index (κ3) is 2.92. The van der Waals surface area contributed by atoms with E-state index < -0.39 is 5.97 Å². The molecule has 0 aliphatic carbocycles. The summed E-state index contributed by atoms with van der Waals surface area (Å²) in [6.07, 6.45) is 1.80. The minimum Gasteiger partial charge on any atom is -0.481 e. The molecule has 3 atom stereocenters. The molecule has 0 aromatic carbocycles. The van der Waals surface area contributed by atoms with E-state index in [0.717, 1.165) is 19.5 Å². The van der Waals surface area contributed by atoms with Crippen LogP contribution < -0.4 is 5.32 Å². The van der Waals surface area contributed by atoms with E-state index in [1.54, 1.807) is 0 Å². The van der Waals surface area contributed by atoms with Gasteiger partial charge in [-0.05, 0) is 39.4 Å². The standard InChI is InChI=1S/C11H22N2O2/c1-4-9(11(14)15)10(12-2)8-5-6-13(3)7-8/h8-10,12H,4-7H2,1-3H3,(H,14,15). The van der Waals surface area contributed by atoms with Crippen molar-refractivity contribution in [3.63, 3.8) is 0 Å². The Hall–Kier alpha value is -0.610. The summed E-state index contributed by atoms with van der Waals surface area (Å²) in [6, 6.07) is 0.109. The van der Waals surface area contributed by atoms with E-state index in [0.29, 0.717) is 12.3 Å². The molecule has 1 aliphatic rings. The highest BCUT2D eigenvalue weighted by Gasteiger charge is 2.34. The first-order valence-electron chi connectivity index (χ1n) is 5.68. The summed E-state index contributed by atoms with van der Waals surface area (Å²) in [5.74, 6) is -0.459. The summed E-state index contributed by atoms with van der Waals surface area (Å²) in [5, 5.41) is 12.3. The molecule has 0 radical (unpaired) electrons. The minimum atomic E-state index is -0.675. The van der Waals surface area contributed by atoms with Crippen molar-refractivity contribution < 1.29 is 9.90 Å². The van der Waals surface area contributed by atoms with Crippen molar-refractivity contribution in [2.75, 3.05) is 27.2 Å². The molecule has 1 rings (SSSR count). The first-order chi connectivity index (χ1) is 7.10. The number of carbonyl (C=O) groups is 1. The topological polar surface area (TPSA) is 52.6 Å². The fraction of sp³-hybridized carbons (Fsp3) is 0.909. The van der Waals surface area contributed by atoms with E-state index in [4.69, 9.17) is 5.11 Å². The highest BCUT2D eigenvalue weighted by atomic mass is 16.4. The number of carboxylic acids is 1. The number of hydrogen-bond donors (Lipinski definition) is 2. The van der Waals surface area contributed by atoms with Gasteiger partial charge in [0, 0.05) is 12.6 Å². The van der Waals surface area contributed by atoms with Crippen molar-refractivity contribution in [3.05, 3.63) is 0 Å². The van der Waals surface area contributed by atoms with Crippen molar-refractivity contribution in [2.45, 2.75) is 25.8 Å². The molecule has 0 bridgehead atoms. The molecule has 3 unspecified atom stereocenters. The van der Waals surface area contributed by atoms with Gasteiger partial charge in [0.2, 0.25) is 0 Å². The van der Waals surface area contributed by atoms with Crippen LogP contribution in [0.25, 0.3) is 0 Å². The molecular weight excluding hydrogens is 192 g/mol. The van der Waals surface area contributed by atoms with Gasteiger partial charge in [0.15, 0.2) is 0 Å². The van der Waals surface area contributed by atoms with Crippen LogP contribution in [-0.4, -0.2) is 49.2 Å². The maximum atomic E-state index is 11.1. The average Bonchev–Trinajstić information content (AvgIpc) is 2.60. The van der Waals surface area contributed by atoms with Crippen LogP contribution in [0.3, 0.4) is 0 Å². The molecule has 0 amide bonds. The summed E-state index contributed by atoms with van der Waals surface area (Å²) in [4.78, 5) is 13.4. The zero-order chi connectivity index (χ0) is 11.4. The molecule has 1 aliphatic heterocycles. The van der Waals surface area contributed by atoms with Gasteiger partial charge >= 0.3 is 5.97 Å². The van der Waals surface area contributed by atoms with Gasteiger partial charge in [0.25, 0.3) is 0 Å². The second kappa shape index (κ2) is 5.47. The number of nitrogens with zero attached hydrogens (tertiary/aromatic N) is 1. The molecule has 0 saturated carbocycles. The SMILES string of the molecule is CCC(C(=O)O)C(NC)C1CCN(C)C1. The van der Waals surface area contributed by atoms with Crippen molar-refractivity contribution in [1.29, 1.82) is 0 Å². The molecule has 0 aromatic rings. The Morgan fingerprint density at radius 1 is 1.67 bits per heavy atom. The van der Waals surface area contributed by atoms with E-state index in [2.05, 4.69) is 17.3 Å². The molecular formula is C11H22N2O2. The zero-order valence-corrected chi connectivity index (χ0v) is 9.86. The summed E-state index contributed by atoms with van der Waals surface area (Å²) in [6.45, 7) is 4.04. The van der Waals surface area contributed by atoms with E-state index >= 15 is 0 Å². The largest absolute Gasteiger partial charge is 0.481 e. The van der Waals surface area contributed by atoms with Gasteiger partial charge in [0.05, 0.1) is 5.92 Å². The van der Waals surface area contributed by atoms with E-state index in [-0.39, 0.29) is 12.0 Å². The van der Waals surface area contributed by atoms with Gasteiger partial charge in [-0.3, -0.25) is 4.79 Å². The van der Waals surface area contributed by atoms with Gasteiger partial charge in [-0.25, -0.2) is 0 Å². The molecule has 15 heavy (non-hydrogen) atoms. The van der Waals surface area contributed by atoms with Gasteiger partial charge in [-0.2, -0.15) is 0 Å². The molecule has 2 N–H and O–H groups in total. The Labute approximate surface area is 91.6 Å². The van der Waals surface area contributed by atoms with Gasteiger partial charge < -0.3 is 15.3 Å². The van der Waals surface area contributed by atoms with Crippen LogP contribution in [-0.2, 0) is 4.79 Å². The number of hydrogen-bond acceptors (Lipinski definition) is 3. The number of nitrogens with one attached hydrogen (secondary N) is 1. The molecule has 4 nitrogen and oxygen atoms in total. The number of likely N-dealkylation sites (tertiary alicyclic amines) is 1. The Morgan fingerprint density at radius 3 is 2.67 bits per heavy atom. The lowest BCUT2D eigenvalue weighted by Gasteiger charge is -2.28. The fourth-order valence-corrected chi connectivity index (χ4v) is 2.61. The molecule has 88 valence electrons. The Balaban J connectivity index is 2.64. The van der Waals surface area contributed by atoms with Crippen molar-refractivity contribution in [1.82, 2.24) is 10.2 Å². The predicted molar refractivity (Wildman–Crippen MR) is 59.9 cm³/mol. The van der Waals surface area contributed by atoms with Crippen LogP contribution in [0.4, 0.5) is 0 Å². The van der Waals surface area contributed by atoms with Gasteiger partial charge in [0.1, 0.15) is 0 Å². The lowest BCUT2D eigenvalue weighted by molar-refractivity contribution is -0.143. The number of aliphatic carboxylic acids is 1. The third-order valence-electron chi connectivity index (χ3n) is 3.46. The summed E-state index contributed by atoms with van der Waals surface area (Å²) in [5.41, 5.74) is 0. The summed E-state index contributed by atoms with van der Waals surface area (Å²) >= 11 is 0. The van der Waals surface area contributed by atoms with Gasteiger partial charge in [-0.15, -0.1) is 0 Å². The van der Waals surface area contributed by atoms with Crippen molar-refractivity contribution in [3.8, 4) is 0 Å². The molecule has 1 heterocycles. The van der Waals surface area contributed by atoms with E-state index in [1.165, 1.54) is 0 Å². The van der Waals surface area contributed by atoms with E-state index in [9.17, 15) is 4.79 Å². The molecule has 1 saturated heterocycles. The highest BCUT2D eigenvalue weighted by molar-refractivity contribution is 5.70.